The van der Waals surface area contributed by atoms with Gasteiger partial charge < -0.3 is 10.1 Å². The van der Waals surface area contributed by atoms with Crippen molar-refractivity contribution in [1.82, 2.24) is 10.2 Å². The Morgan fingerprint density at radius 3 is 2.95 bits per heavy atom. The molecule has 21 heavy (non-hydrogen) atoms. The van der Waals surface area contributed by atoms with Crippen molar-refractivity contribution in [2.75, 3.05) is 11.9 Å². The molecule has 0 bridgehead atoms. The van der Waals surface area contributed by atoms with E-state index in [-0.39, 0.29) is 11.8 Å². The maximum absolute atomic E-state index is 12.3. The lowest BCUT2D eigenvalue weighted by Crippen LogP contribution is -2.32. The Hall–Kier alpha value is -1.95. The number of amides is 1. The van der Waals surface area contributed by atoms with E-state index >= 15 is 0 Å². The van der Waals surface area contributed by atoms with Crippen LogP contribution in [-0.2, 0) is 11.2 Å². The maximum Gasteiger partial charge on any atom is 0.233 e. The van der Waals surface area contributed by atoms with E-state index in [1.54, 1.807) is 0 Å². The molecule has 1 aliphatic rings. The van der Waals surface area contributed by atoms with Gasteiger partial charge in [0.05, 0.1) is 5.92 Å². The second-order valence-corrected chi connectivity index (χ2v) is 6.42. The van der Waals surface area contributed by atoms with E-state index in [0.717, 1.165) is 16.3 Å². The first-order chi connectivity index (χ1) is 10.1. The first kappa shape index (κ1) is 14.0. The Balaban J connectivity index is 1.66. The molecule has 0 spiro atoms. The number of para-hydroxylation sites is 1. The third kappa shape index (κ3) is 3.05. The third-order valence-electron chi connectivity index (χ3n) is 3.41. The normalized spacial score (nSPS) is 17.2. The van der Waals surface area contributed by atoms with Crippen molar-refractivity contribution in [3.05, 3.63) is 34.8 Å². The molecule has 5 nitrogen and oxygen atoms in total. The van der Waals surface area contributed by atoms with Gasteiger partial charge in [0.15, 0.2) is 0 Å². The zero-order valence-electron chi connectivity index (χ0n) is 12.0. The summed E-state index contributed by atoms with van der Waals surface area (Å²) >= 11 is 1.42. The molecule has 1 aromatic heterocycles. The molecule has 6 heteroatoms. The number of carbonyl (C=O) groups is 1. The standard InChI is InChI=1S/C15H17N3O2S/c1-9(2)14-17-18-15(21-14)16-13(19)11-7-10-5-3-4-6-12(10)20-8-11/h3-6,9,11H,7-8H2,1-2H3,(H,16,18,19)/t11-/m1/s1. The molecule has 0 fully saturated rings. The number of benzene rings is 1. The summed E-state index contributed by atoms with van der Waals surface area (Å²) in [6, 6.07) is 7.83. The van der Waals surface area contributed by atoms with Gasteiger partial charge in [-0.1, -0.05) is 43.4 Å². The van der Waals surface area contributed by atoms with E-state index in [4.69, 9.17) is 4.74 Å². The number of ether oxygens (including phenoxy) is 1. The molecule has 2 aromatic rings. The van der Waals surface area contributed by atoms with Crippen LogP contribution < -0.4 is 10.1 Å². The lowest BCUT2D eigenvalue weighted by atomic mass is 9.96. The Labute approximate surface area is 127 Å². The average Bonchev–Trinajstić information content (AvgIpc) is 2.95. The molecule has 0 saturated carbocycles. The fourth-order valence-corrected chi connectivity index (χ4v) is 2.97. The summed E-state index contributed by atoms with van der Waals surface area (Å²) < 4.78 is 5.64. The van der Waals surface area contributed by atoms with Gasteiger partial charge in [0.25, 0.3) is 0 Å². The number of hydrogen-bond acceptors (Lipinski definition) is 5. The Morgan fingerprint density at radius 2 is 2.19 bits per heavy atom. The number of rotatable bonds is 3. The largest absolute Gasteiger partial charge is 0.492 e. The number of anilines is 1. The maximum atomic E-state index is 12.3. The molecule has 0 unspecified atom stereocenters. The summed E-state index contributed by atoms with van der Waals surface area (Å²) in [5, 5.41) is 12.4. The second kappa shape index (κ2) is 5.81. The predicted octanol–water partition coefficient (Wildman–Crippen LogP) is 2.85. The van der Waals surface area contributed by atoms with Gasteiger partial charge in [-0.2, -0.15) is 0 Å². The van der Waals surface area contributed by atoms with E-state index in [2.05, 4.69) is 29.4 Å². The monoisotopic (exact) mass is 303 g/mol. The van der Waals surface area contributed by atoms with E-state index in [1.807, 2.05) is 24.3 Å². The van der Waals surface area contributed by atoms with Crippen LogP contribution in [0.1, 0.15) is 30.3 Å². The zero-order chi connectivity index (χ0) is 14.8. The van der Waals surface area contributed by atoms with Crippen molar-refractivity contribution in [2.24, 2.45) is 5.92 Å². The third-order valence-corrected chi connectivity index (χ3v) is 4.55. The van der Waals surface area contributed by atoms with Gasteiger partial charge in [-0.15, -0.1) is 10.2 Å². The molecule has 0 aliphatic carbocycles. The minimum absolute atomic E-state index is 0.0593. The average molecular weight is 303 g/mol. The van der Waals surface area contributed by atoms with Crippen molar-refractivity contribution < 1.29 is 9.53 Å². The smallest absolute Gasteiger partial charge is 0.233 e. The van der Waals surface area contributed by atoms with Crippen molar-refractivity contribution >= 4 is 22.4 Å². The van der Waals surface area contributed by atoms with E-state index < -0.39 is 0 Å². The Kier molecular flexibility index (Phi) is 3.88. The Morgan fingerprint density at radius 1 is 1.38 bits per heavy atom. The van der Waals surface area contributed by atoms with Crippen molar-refractivity contribution in [2.45, 2.75) is 26.2 Å². The van der Waals surface area contributed by atoms with Crippen molar-refractivity contribution in [3.63, 3.8) is 0 Å². The van der Waals surface area contributed by atoms with Crippen molar-refractivity contribution in [3.8, 4) is 5.75 Å². The SMILES string of the molecule is CC(C)c1nnc(NC(=O)[C@H]2COc3ccccc3C2)s1. The van der Waals surface area contributed by atoms with Gasteiger partial charge in [0, 0.05) is 5.92 Å². The highest BCUT2D eigenvalue weighted by molar-refractivity contribution is 7.15. The number of nitrogens with one attached hydrogen (secondary N) is 1. The van der Waals surface area contributed by atoms with Gasteiger partial charge in [0.1, 0.15) is 17.4 Å². The summed E-state index contributed by atoms with van der Waals surface area (Å²) in [5.74, 6) is 0.944. The van der Waals surface area contributed by atoms with Crippen LogP contribution in [-0.4, -0.2) is 22.7 Å². The zero-order valence-corrected chi connectivity index (χ0v) is 12.8. The van der Waals surface area contributed by atoms with Gasteiger partial charge in [-0.3, -0.25) is 4.79 Å². The summed E-state index contributed by atoms with van der Waals surface area (Å²) in [7, 11) is 0. The van der Waals surface area contributed by atoms with Crippen LogP contribution in [0.25, 0.3) is 0 Å². The highest BCUT2D eigenvalue weighted by atomic mass is 32.1. The highest BCUT2D eigenvalue weighted by Gasteiger charge is 2.26. The molecular weight excluding hydrogens is 286 g/mol. The molecule has 2 heterocycles. The highest BCUT2D eigenvalue weighted by Crippen LogP contribution is 2.28. The first-order valence-electron chi connectivity index (χ1n) is 6.98. The molecule has 1 aliphatic heterocycles. The predicted molar refractivity (Wildman–Crippen MR) is 81.8 cm³/mol. The van der Waals surface area contributed by atoms with Crippen LogP contribution in [0.3, 0.4) is 0 Å². The first-order valence-corrected chi connectivity index (χ1v) is 7.80. The van der Waals surface area contributed by atoms with Crippen LogP contribution in [0.4, 0.5) is 5.13 Å². The number of nitrogens with zero attached hydrogens (tertiary/aromatic N) is 2. The molecule has 0 radical (unpaired) electrons. The van der Waals surface area contributed by atoms with Gasteiger partial charge in [-0.05, 0) is 18.1 Å². The van der Waals surface area contributed by atoms with E-state index in [1.165, 1.54) is 11.3 Å². The molecular formula is C15H17N3O2S. The fraction of sp³-hybridized carbons (Fsp3) is 0.400. The van der Waals surface area contributed by atoms with Gasteiger partial charge in [-0.25, -0.2) is 0 Å². The van der Waals surface area contributed by atoms with Crippen LogP contribution in [0, 0.1) is 5.92 Å². The van der Waals surface area contributed by atoms with Crippen LogP contribution in [0.15, 0.2) is 24.3 Å². The quantitative estimate of drug-likeness (QED) is 0.947. The molecule has 1 atom stereocenters. The van der Waals surface area contributed by atoms with Crippen LogP contribution in [0.2, 0.25) is 0 Å². The molecule has 1 aromatic carbocycles. The fourth-order valence-electron chi connectivity index (χ4n) is 2.22. The van der Waals surface area contributed by atoms with Crippen molar-refractivity contribution in [1.29, 1.82) is 0 Å². The van der Waals surface area contributed by atoms with E-state index in [0.29, 0.717) is 24.1 Å². The van der Waals surface area contributed by atoms with Gasteiger partial charge >= 0.3 is 0 Å². The number of fused-ring (bicyclic) bond motifs is 1. The topological polar surface area (TPSA) is 64.1 Å². The van der Waals surface area contributed by atoms with Crippen LogP contribution >= 0.6 is 11.3 Å². The number of aromatic nitrogens is 2. The lowest BCUT2D eigenvalue weighted by Gasteiger charge is -2.23. The summed E-state index contributed by atoms with van der Waals surface area (Å²) in [6.45, 7) is 4.51. The molecule has 1 N–H and O–H groups in total. The Bertz CT molecular complexity index is 654. The number of carbonyl (C=O) groups excluding carboxylic acids is 1. The minimum Gasteiger partial charge on any atom is -0.492 e. The summed E-state index contributed by atoms with van der Waals surface area (Å²) in [4.78, 5) is 12.3. The molecule has 0 saturated heterocycles. The lowest BCUT2D eigenvalue weighted by molar-refractivity contribution is -0.121. The molecule has 1 amide bonds. The van der Waals surface area contributed by atoms with E-state index in [9.17, 15) is 4.79 Å². The number of hydrogen-bond donors (Lipinski definition) is 1. The molecule has 3 rings (SSSR count). The minimum atomic E-state index is -0.189. The molecule has 110 valence electrons. The summed E-state index contributed by atoms with van der Waals surface area (Å²) in [6.07, 6.45) is 0.692. The summed E-state index contributed by atoms with van der Waals surface area (Å²) in [5.41, 5.74) is 1.07. The second-order valence-electron chi connectivity index (χ2n) is 5.41. The van der Waals surface area contributed by atoms with Crippen LogP contribution in [0.5, 0.6) is 5.75 Å². The van der Waals surface area contributed by atoms with Gasteiger partial charge in [0.2, 0.25) is 11.0 Å².